The fourth-order valence-corrected chi connectivity index (χ4v) is 5.82. The number of aliphatic carboxylic acids is 1. The molecule has 1 amide bonds. The van der Waals surface area contributed by atoms with E-state index in [0.717, 1.165) is 56.5 Å². The molecule has 0 spiro atoms. The smallest absolute Gasteiger partial charge is 0.430 e. The summed E-state index contributed by atoms with van der Waals surface area (Å²) in [4.78, 5) is 27.6. The molecule has 2 aromatic rings. The lowest BCUT2D eigenvalue weighted by Crippen LogP contribution is -2.60. The first kappa shape index (κ1) is 25.2. The van der Waals surface area contributed by atoms with E-state index in [1.807, 2.05) is 36.5 Å². The average molecular weight is 494 g/mol. The molecule has 3 atom stereocenters. The number of rotatable bonds is 2. The number of halogens is 3. The van der Waals surface area contributed by atoms with Crippen LogP contribution in [0.3, 0.4) is 0 Å². The number of nitrogens with zero attached hydrogens (tertiary/aromatic N) is 2. The van der Waals surface area contributed by atoms with Gasteiger partial charge in [-0.3, -0.25) is 4.79 Å². The number of carbonyl (C=O) groups excluding carboxylic acids is 2. The van der Waals surface area contributed by atoms with Crippen LogP contribution in [0.25, 0.3) is 0 Å². The zero-order chi connectivity index (χ0) is 25.2. The van der Waals surface area contributed by atoms with Gasteiger partial charge in [0.1, 0.15) is 17.9 Å². The van der Waals surface area contributed by atoms with Crippen molar-refractivity contribution in [2.45, 2.75) is 75.7 Å². The molecule has 0 radical (unpaired) electrons. The van der Waals surface area contributed by atoms with E-state index in [2.05, 4.69) is 14.5 Å². The number of carbonyl (C=O) groups is 2. The third-order valence-electron chi connectivity index (χ3n) is 7.50. The Morgan fingerprint density at radius 1 is 1.11 bits per heavy atom. The minimum absolute atomic E-state index is 0.108. The maximum Gasteiger partial charge on any atom is 0.430 e. The van der Waals surface area contributed by atoms with Gasteiger partial charge in [0.05, 0.1) is 12.1 Å². The van der Waals surface area contributed by atoms with Crippen LogP contribution in [0.2, 0.25) is 0 Å². The minimum Gasteiger partial charge on any atom is -0.542 e. The number of fused-ring (bicyclic) bond motifs is 2. The second-order valence-corrected chi connectivity index (χ2v) is 9.52. The van der Waals surface area contributed by atoms with Crippen molar-refractivity contribution in [3.63, 3.8) is 0 Å². The van der Waals surface area contributed by atoms with Crippen molar-refractivity contribution in [2.24, 2.45) is 5.92 Å². The number of carboxylic acid groups (broad SMARTS) is 1. The molecule has 190 valence electrons. The van der Waals surface area contributed by atoms with Crippen LogP contribution in [0.1, 0.15) is 66.8 Å². The lowest BCUT2D eigenvalue weighted by Gasteiger charge is -2.52. The molecule has 7 nitrogen and oxygen atoms in total. The molecule has 1 saturated carbocycles. The van der Waals surface area contributed by atoms with E-state index in [-0.39, 0.29) is 17.9 Å². The number of aromatic nitrogens is 2. The Labute approximate surface area is 201 Å². The van der Waals surface area contributed by atoms with Crippen LogP contribution in [-0.4, -0.2) is 45.6 Å². The van der Waals surface area contributed by atoms with Gasteiger partial charge in [0, 0.05) is 24.9 Å². The van der Waals surface area contributed by atoms with Crippen molar-refractivity contribution < 1.29 is 37.5 Å². The maximum absolute atomic E-state index is 13.5. The number of piperidine rings is 1. The van der Waals surface area contributed by atoms with Gasteiger partial charge in [-0.2, -0.15) is 13.2 Å². The van der Waals surface area contributed by atoms with E-state index in [0.29, 0.717) is 13.0 Å². The third kappa shape index (κ3) is 5.07. The van der Waals surface area contributed by atoms with Gasteiger partial charge in [0.2, 0.25) is 0 Å². The molecule has 2 aliphatic heterocycles. The highest BCUT2D eigenvalue weighted by Gasteiger charge is 2.51. The normalized spacial score (nSPS) is 26.1. The predicted octanol–water partition coefficient (Wildman–Crippen LogP) is 2.23. The number of carboxylic acids is 1. The minimum atomic E-state index is -5.19. The van der Waals surface area contributed by atoms with E-state index in [1.165, 1.54) is 12.1 Å². The molecule has 2 N–H and O–H groups in total. The largest absolute Gasteiger partial charge is 0.542 e. The molecule has 1 saturated heterocycles. The lowest BCUT2D eigenvalue weighted by molar-refractivity contribution is -0.709. The number of aromatic amines is 1. The van der Waals surface area contributed by atoms with Crippen molar-refractivity contribution in [1.29, 1.82) is 0 Å². The number of amides is 1. The topological polar surface area (TPSA) is 100 Å². The molecule has 0 unspecified atom stereocenters. The number of nitrogens with one attached hydrogen (secondary N) is 1. The summed E-state index contributed by atoms with van der Waals surface area (Å²) in [7, 11) is 0. The van der Waals surface area contributed by atoms with Gasteiger partial charge in [-0.25, -0.2) is 9.55 Å². The van der Waals surface area contributed by atoms with Gasteiger partial charge < -0.3 is 19.9 Å². The molecule has 35 heavy (non-hydrogen) atoms. The second kappa shape index (κ2) is 10.0. The number of hydrogen-bond acceptors (Lipinski definition) is 4. The van der Waals surface area contributed by atoms with Crippen LogP contribution in [0, 0.1) is 5.92 Å². The summed E-state index contributed by atoms with van der Waals surface area (Å²) in [6, 6.07) is 10.2. The maximum atomic E-state index is 13.5. The fraction of sp³-hybridized carbons (Fsp3) is 0.560. The average Bonchev–Trinajstić information content (AvgIpc) is 3.29. The highest BCUT2D eigenvalue weighted by Crippen LogP contribution is 2.47. The Morgan fingerprint density at radius 3 is 2.49 bits per heavy atom. The van der Waals surface area contributed by atoms with E-state index in [4.69, 9.17) is 9.90 Å². The summed E-state index contributed by atoms with van der Waals surface area (Å²) < 4.78 is 33.7. The molecule has 10 heteroatoms. The SMILES string of the molecule is O=C([O-])C(F)(F)F.O=C(c1[nH]cc2[n+]1CCCC2)N1CC[C@](O)(c2ccccc2)[C@H]2CCCC[C@H]21. The van der Waals surface area contributed by atoms with E-state index in [9.17, 15) is 23.1 Å². The van der Waals surface area contributed by atoms with Crippen molar-refractivity contribution >= 4 is 11.9 Å². The molecule has 5 rings (SSSR count). The van der Waals surface area contributed by atoms with E-state index >= 15 is 0 Å². The third-order valence-corrected chi connectivity index (χ3v) is 7.50. The monoisotopic (exact) mass is 493 g/mol. The van der Waals surface area contributed by atoms with Gasteiger partial charge in [0.25, 0.3) is 0 Å². The van der Waals surface area contributed by atoms with E-state index < -0.39 is 17.7 Å². The zero-order valence-corrected chi connectivity index (χ0v) is 19.4. The van der Waals surface area contributed by atoms with Crippen LogP contribution >= 0.6 is 0 Å². The molecule has 3 aliphatic rings. The summed E-state index contributed by atoms with van der Waals surface area (Å²) in [5.41, 5.74) is 1.42. The first-order valence-electron chi connectivity index (χ1n) is 12.1. The number of H-pyrrole nitrogens is 1. The summed E-state index contributed by atoms with van der Waals surface area (Å²) in [6.07, 6.45) is 5.03. The molecule has 3 heterocycles. The number of hydrogen-bond donors (Lipinski definition) is 2. The summed E-state index contributed by atoms with van der Waals surface area (Å²) in [6.45, 7) is 1.54. The van der Waals surface area contributed by atoms with Gasteiger partial charge in [-0.1, -0.05) is 43.2 Å². The van der Waals surface area contributed by atoms with Crippen molar-refractivity contribution in [1.82, 2.24) is 9.88 Å². The molecular formula is C25H30F3N3O4. The molecule has 0 bridgehead atoms. The van der Waals surface area contributed by atoms with Gasteiger partial charge in [-0.15, -0.1) is 0 Å². The number of likely N-dealkylation sites (tertiary alicyclic amines) is 1. The summed E-state index contributed by atoms with van der Waals surface area (Å²) in [5.74, 6) is -2.06. The molecule has 1 aliphatic carbocycles. The Morgan fingerprint density at radius 2 is 1.80 bits per heavy atom. The molecule has 1 aromatic heterocycles. The van der Waals surface area contributed by atoms with Crippen LogP contribution < -0.4 is 9.67 Å². The predicted molar refractivity (Wildman–Crippen MR) is 117 cm³/mol. The highest BCUT2D eigenvalue weighted by molar-refractivity contribution is 5.89. The van der Waals surface area contributed by atoms with Crippen LogP contribution in [0.5, 0.6) is 0 Å². The number of aryl methyl sites for hydroxylation is 1. The summed E-state index contributed by atoms with van der Waals surface area (Å²) >= 11 is 0. The Hall–Kier alpha value is -2.88. The first-order chi connectivity index (χ1) is 16.6. The molecular weight excluding hydrogens is 463 g/mol. The van der Waals surface area contributed by atoms with Crippen molar-refractivity contribution in [2.75, 3.05) is 6.54 Å². The van der Waals surface area contributed by atoms with Crippen LogP contribution in [0.4, 0.5) is 13.2 Å². The van der Waals surface area contributed by atoms with Gasteiger partial charge in [-0.05, 0) is 37.7 Å². The first-order valence-corrected chi connectivity index (χ1v) is 12.1. The number of aliphatic hydroxyl groups is 1. The second-order valence-electron chi connectivity index (χ2n) is 9.52. The molecule has 1 aromatic carbocycles. The lowest BCUT2D eigenvalue weighted by atomic mass is 9.66. The summed E-state index contributed by atoms with van der Waals surface area (Å²) in [5, 5.41) is 20.5. The fourth-order valence-electron chi connectivity index (χ4n) is 5.82. The van der Waals surface area contributed by atoms with Gasteiger partial charge in [0.15, 0.2) is 0 Å². The standard InChI is InChI=1S/C23H29N3O2.C2HF3O2/c27-22(21-24-16-18-10-6-7-14-25(18)21)26-15-13-23(28,17-8-2-1-3-9-17)19-11-4-5-12-20(19)26;3-2(4,5)1(6)7/h1-3,8-9,16,19-20,28H,4-7,10-15H2;(H,6,7)/t19-,20+,23-;/m0./s1. The van der Waals surface area contributed by atoms with E-state index in [1.54, 1.807) is 0 Å². The Kier molecular flexibility index (Phi) is 7.21. The number of benzene rings is 1. The van der Waals surface area contributed by atoms with Crippen molar-refractivity contribution in [3.8, 4) is 0 Å². The van der Waals surface area contributed by atoms with Gasteiger partial charge >= 0.3 is 17.9 Å². The Balaban J connectivity index is 0.000000364. The molecule has 2 fully saturated rings. The zero-order valence-electron chi connectivity index (χ0n) is 19.4. The highest BCUT2D eigenvalue weighted by atomic mass is 19.4. The van der Waals surface area contributed by atoms with Crippen LogP contribution in [0.15, 0.2) is 36.5 Å². The quantitative estimate of drug-likeness (QED) is 0.627. The number of imidazole rings is 1. The van der Waals surface area contributed by atoms with Crippen LogP contribution in [-0.2, 0) is 23.4 Å². The number of alkyl halides is 3. The Bertz CT molecular complexity index is 1060. The van der Waals surface area contributed by atoms with Crippen molar-refractivity contribution in [3.05, 3.63) is 53.6 Å².